The number of nitrogens with one attached hydrogen (secondary N) is 1. The third-order valence-electron chi connectivity index (χ3n) is 3.26. The van der Waals surface area contributed by atoms with Gasteiger partial charge < -0.3 is 11.1 Å². The normalized spacial score (nSPS) is 19.9. The maximum atomic E-state index is 11.5. The summed E-state index contributed by atoms with van der Waals surface area (Å²) in [6.45, 7) is 3.37. The highest BCUT2D eigenvalue weighted by Gasteiger charge is 2.23. The van der Waals surface area contributed by atoms with E-state index in [1.54, 1.807) is 0 Å². The molecule has 0 spiro atoms. The molecule has 0 saturated carbocycles. The van der Waals surface area contributed by atoms with Gasteiger partial charge in [-0.1, -0.05) is 30.3 Å². The van der Waals surface area contributed by atoms with Gasteiger partial charge in [0.15, 0.2) is 0 Å². The van der Waals surface area contributed by atoms with Crippen LogP contribution >= 0.6 is 0 Å². The first-order chi connectivity index (χ1) is 8.78. The Kier molecular flexibility index (Phi) is 4.73. The lowest BCUT2D eigenvalue weighted by Gasteiger charge is -2.16. The molecule has 4 heteroatoms. The molecule has 18 heavy (non-hydrogen) atoms. The zero-order valence-corrected chi connectivity index (χ0v) is 10.6. The molecule has 1 aromatic rings. The van der Waals surface area contributed by atoms with Gasteiger partial charge in [0.1, 0.15) is 0 Å². The molecule has 1 aliphatic heterocycles. The van der Waals surface area contributed by atoms with E-state index < -0.39 is 0 Å². The van der Waals surface area contributed by atoms with E-state index in [9.17, 15) is 4.79 Å². The van der Waals surface area contributed by atoms with Crippen molar-refractivity contribution in [1.82, 2.24) is 10.2 Å². The summed E-state index contributed by atoms with van der Waals surface area (Å²) in [7, 11) is 0. The molecule has 1 atom stereocenters. The predicted octanol–water partition coefficient (Wildman–Crippen LogP) is 0.726. The Balaban J connectivity index is 1.76. The topological polar surface area (TPSA) is 58.4 Å². The van der Waals surface area contributed by atoms with Gasteiger partial charge in [0, 0.05) is 38.6 Å². The van der Waals surface area contributed by atoms with Crippen LogP contribution in [0.3, 0.4) is 0 Å². The van der Waals surface area contributed by atoms with Crippen molar-refractivity contribution in [2.75, 3.05) is 19.6 Å². The zero-order valence-electron chi connectivity index (χ0n) is 10.6. The van der Waals surface area contributed by atoms with Gasteiger partial charge in [0.2, 0.25) is 5.91 Å². The maximum absolute atomic E-state index is 11.5. The van der Waals surface area contributed by atoms with Crippen molar-refractivity contribution >= 4 is 5.91 Å². The molecule has 1 aliphatic rings. The second kappa shape index (κ2) is 6.52. The highest BCUT2D eigenvalue weighted by atomic mass is 16.1. The van der Waals surface area contributed by atoms with E-state index in [0.29, 0.717) is 13.0 Å². The molecule has 0 aromatic heterocycles. The average molecular weight is 247 g/mol. The summed E-state index contributed by atoms with van der Waals surface area (Å²) in [4.78, 5) is 13.8. The van der Waals surface area contributed by atoms with Crippen LogP contribution in [0.1, 0.15) is 18.4 Å². The number of rotatable bonds is 5. The van der Waals surface area contributed by atoms with E-state index in [0.717, 1.165) is 26.1 Å². The Labute approximate surface area is 108 Å². The van der Waals surface area contributed by atoms with Crippen molar-refractivity contribution in [3.63, 3.8) is 0 Å². The fourth-order valence-electron chi connectivity index (χ4n) is 2.37. The summed E-state index contributed by atoms with van der Waals surface area (Å²) >= 11 is 0. The van der Waals surface area contributed by atoms with Crippen LogP contribution in [-0.2, 0) is 11.3 Å². The van der Waals surface area contributed by atoms with Crippen molar-refractivity contribution in [2.24, 2.45) is 5.73 Å². The second-order valence-electron chi connectivity index (χ2n) is 4.81. The predicted molar refractivity (Wildman–Crippen MR) is 71.9 cm³/mol. The van der Waals surface area contributed by atoms with Crippen LogP contribution in [0, 0.1) is 0 Å². The number of nitrogens with zero attached hydrogens (tertiary/aromatic N) is 1. The Morgan fingerprint density at radius 2 is 2.17 bits per heavy atom. The summed E-state index contributed by atoms with van der Waals surface area (Å²) in [6.07, 6.45) is 1.46. The molecule has 4 nitrogen and oxygen atoms in total. The van der Waals surface area contributed by atoms with Crippen molar-refractivity contribution < 1.29 is 4.79 Å². The van der Waals surface area contributed by atoms with E-state index in [-0.39, 0.29) is 11.9 Å². The Morgan fingerprint density at radius 1 is 1.39 bits per heavy atom. The van der Waals surface area contributed by atoms with E-state index in [1.807, 2.05) is 6.07 Å². The fourth-order valence-corrected chi connectivity index (χ4v) is 2.37. The molecule has 1 saturated heterocycles. The first-order valence-electron chi connectivity index (χ1n) is 6.53. The molecule has 2 rings (SSSR count). The van der Waals surface area contributed by atoms with E-state index in [1.165, 1.54) is 5.56 Å². The summed E-state index contributed by atoms with van der Waals surface area (Å²) in [6, 6.07) is 10.7. The van der Waals surface area contributed by atoms with Crippen LogP contribution in [0.25, 0.3) is 0 Å². The third kappa shape index (κ3) is 3.82. The molecular formula is C14H21N3O. The molecule has 0 radical (unpaired) electrons. The van der Waals surface area contributed by atoms with Gasteiger partial charge in [0.05, 0.1) is 0 Å². The Bertz CT molecular complexity index is 380. The van der Waals surface area contributed by atoms with Gasteiger partial charge in [-0.2, -0.15) is 0 Å². The monoisotopic (exact) mass is 247 g/mol. The zero-order chi connectivity index (χ0) is 12.8. The number of carbonyl (C=O) groups excluding carboxylic acids is 1. The van der Waals surface area contributed by atoms with Crippen molar-refractivity contribution in [3.05, 3.63) is 35.9 Å². The van der Waals surface area contributed by atoms with Crippen LogP contribution in [0.5, 0.6) is 0 Å². The minimum atomic E-state index is 0.0732. The molecule has 3 N–H and O–H groups in total. The second-order valence-corrected chi connectivity index (χ2v) is 4.81. The van der Waals surface area contributed by atoms with Crippen LogP contribution in [0.15, 0.2) is 30.3 Å². The standard InChI is InChI=1S/C14H21N3O/c15-8-6-14(18)16-13-7-9-17(11-13)10-12-4-2-1-3-5-12/h1-5,13H,6-11,15H2,(H,16,18)/t13-/m0/s1. The number of hydrogen-bond donors (Lipinski definition) is 2. The van der Waals surface area contributed by atoms with Gasteiger partial charge in [-0.3, -0.25) is 9.69 Å². The number of nitrogens with two attached hydrogens (primary N) is 1. The lowest BCUT2D eigenvalue weighted by molar-refractivity contribution is -0.121. The summed E-state index contributed by atoms with van der Waals surface area (Å²) in [5.41, 5.74) is 6.69. The minimum Gasteiger partial charge on any atom is -0.352 e. The van der Waals surface area contributed by atoms with Crippen LogP contribution in [-0.4, -0.2) is 36.5 Å². The molecule has 1 fully saturated rings. The SMILES string of the molecule is NCCC(=O)N[C@H]1CCN(Cc2ccccc2)C1. The molecule has 0 bridgehead atoms. The number of amides is 1. The fraction of sp³-hybridized carbons (Fsp3) is 0.500. The Morgan fingerprint density at radius 3 is 2.89 bits per heavy atom. The quantitative estimate of drug-likeness (QED) is 0.806. The first kappa shape index (κ1) is 13.1. The van der Waals surface area contributed by atoms with Gasteiger partial charge >= 0.3 is 0 Å². The lowest BCUT2D eigenvalue weighted by Crippen LogP contribution is -2.37. The van der Waals surface area contributed by atoms with Crippen molar-refractivity contribution in [1.29, 1.82) is 0 Å². The van der Waals surface area contributed by atoms with Gasteiger partial charge in [-0.05, 0) is 12.0 Å². The highest BCUT2D eigenvalue weighted by Crippen LogP contribution is 2.13. The van der Waals surface area contributed by atoms with Crippen LogP contribution in [0.2, 0.25) is 0 Å². The van der Waals surface area contributed by atoms with Crippen LogP contribution < -0.4 is 11.1 Å². The molecule has 0 aliphatic carbocycles. The largest absolute Gasteiger partial charge is 0.352 e. The third-order valence-corrected chi connectivity index (χ3v) is 3.26. The highest BCUT2D eigenvalue weighted by molar-refractivity contribution is 5.76. The molecule has 0 unspecified atom stereocenters. The van der Waals surface area contributed by atoms with E-state index in [4.69, 9.17) is 5.73 Å². The molecule has 1 amide bonds. The summed E-state index contributed by atoms with van der Waals surface area (Å²) in [5, 5.41) is 3.03. The lowest BCUT2D eigenvalue weighted by atomic mass is 10.2. The van der Waals surface area contributed by atoms with Gasteiger partial charge in [-0.15, -0.1) is 0 Å². The average Bonchev–Trinajstić information content (AvgIpc) is 2.78. The number of carbonyl (C=O) groups is 1. The number of benzene rings is 1. The van der Waals surface area contributed by atoms with E-state index >= 15 is 0 Å². The molecule has 1 aromatic carbocycles. The molecular weight excluding hydrogens is 226 g/mol. The smallest absolute Gasteiger partial charge is 0.221 e. The maximum Gasteiger partial charge on any atom is 0.221 e. The van der Waals surface area contributed by atoms with Crippen molar-refractivity contribution in [2.45, 2.75) is 25.4 Å². The minimum absolute atomic E-state index is 0.0732. The van der Waals surface area contributed by atoms with Crippen LogP contribution in [0.4, 0.5) is 0 Å². The molecule has 98 valence electrons. The van der Waals surface area contributed by atoms with Gasteiger partial charge in [0.25, 0.3) is 0 Å². The van der Waals surface area contributed by atoms with Crippen molar-refractivity contribution in [3.8, 4) is 0 Å². The summed E-state index contributed by atoms with van der Waals surface area (Å²) in [5.74, 6) is 0.0732. The van der Waals surface area contributed by atoms with E-state index in [2.05, 4.69) is 34.5 Å². The number of hydrogen-bond acceptors (Lipinski definition) is 3. The Hall–Kier alpha value is -1.39. The van der Waals surface area contributed by atoms with Gasteiger partial charge in [-0.25, -0.2) is 0 Å². The molecule has 1 heterocycles. The summed E-state index contributed by atoms with van der Waals surface area (Å²) < 4.78 is 0. The number of likely N-dealkylation sites (tertiary alicyclic amines) is 1. The first-order valence-corrected chi connectivity index (χ1v) is 6.53.